The second-order valence-electron chi connectivity index (χ2n) is 3.27. The lowest BCUT2D eigenvalue weighted by atomic mass is 10.1. The van der Waals surface area contributed by atoms with E-state index in [1.807, 2.05) is 0 Å². The first-order valence-electron chi connectivity index (χ1n) is 4.34. The van der Waals surface area contributed by atoms with Crippen LogP contribution in [-0.4, -0.2) is 24.8 Å². The third-order valence-electron chi connectivity index (χ3n) is 1.72. The predicted octanol–water partition coefficient (Wildman–Crippen LogP) is 2.74. The van der Waals surface area contributed by atoms with Crippen LogP contribution in [0, 0.1) is 5.82 Å². The van der Waals surface area contributed by atoms with Crippen molar-refractivity contribution >= 4 is 17.4 Å². The van der Waals surface area contributed by atoms with E-state index >= 15 is 0 Å². The lowest BCUT2D eigenvalue weighted by Gasteiger charge is -2.03. The molecule has 1 rings (SSSR count). The summed E-state index contributed by atoms with van der Waals surface area (Å²) >= 11 is 5.73. The van der Waals surface area contributed by atoms with Gasteiger partial charge in [-0.05, 0) is 18.2 Å². The topological polar surface area (TPSA) is 20.3 Å². The Morgan fingerprint density at radius 1 is 1.47 bits per heavy atom. The van der Waals surface area contributed by atoms with Gasteiger partial charge in [0.15, 0.2) is 5.78 Å². The van der Waals surface area contributed by atoms with Gasteiger partial charge in [-0.15, -0.1) is 0 Å². The average Bonchev–Trinajstić information content (AvgIpc) is 2.14. The molecule has 0 unspecified atom stereocenters. The van der Waals surface area contributed by atoms with Crippen molar-refractivity contribution < 1.29 is 9.18 Å². The molecule has 1 aromatic carbocycles. The molecular formula is C11H11ClFNO. The predicted molar refractivity (Wildman–Crippen MR) is 58.6 cm³/mol. The van der Waals surface area contributed by atoms with Crippen LogP contribution < -0.4 is 0 Å². The number of hydrogen-bond acceptors (Lipinski definition) is 2. The van der Waals surface area contributed by atoms with Crippen molar-refractivity contribution in [1.82, 2.24) is 4.90 Å². The van der Waals surface area contributed by atoms with Gasteiger partial charge in [0.1, 0.15) is 5.82 Å². The third-order valence-corrected chi connectivity index (χ3v) is 2.03. The van der Waals surface area contributed by atoms with Crippen LogP contribution in [0.25, 0.3) is 0 Å². The number of carbonyl (C=O) groups is 1. The summed E-state index contributed by atoms with van der Waals surface area (Å²) in [6, 6.07) is 3.71. The minimum absolute atomic E-state index is 0.128. The van der Waals surface area contributed by atoms with E-state index in [2.05, 4.69) is 0 Å². The van der Waals surface area contributed by atoms with Crippen LogP contribution in [-0.2, 0) is 0 Å². The molecule has 0 spiro atoms. The van der Waals surface area contributed by atoms with Gasteiger partial charge in [0.25, 0.3) is 0 Å². The Morgan fingerprint density at radius 3 is 2.67 bits per heavy atom. The molecule has 0 N–H and O–H groups in total. The van der Waals surface area contributed by atoms with Crippen molar-refractivity contribution in [3.63, 3.8) is 0 Å². The van der Waals surface area contributed by atoms with Crippen molar-refractivity contribution in [3.05, 3.63) is 46.9 Å². The van der Waals surface area contributed by atoms with Crippen molar-refractivity contribution in [1.29, 1.82) is 0 Å². The van der Waals surface area contributed by atoms with Gasteiger partial charge in [0.05, 0.1) is 5.02 Å². The van der Waals surface area contributed by atoms with Crippen LogP contribution in [0.1, 0.15) is 10.4 Å². The molecule has 0 aliphatic heterocycles. The largest absolute Gasteiger partial charge is 0.383 e. The summed E-state index contributed by atoms with van der Waals surface area (Å²) in [5.74, 6) is -0.693. The maximum Gasteiger partial charge on any atom is 0.188 e. The van der Waals surface area contributed by atoms with E-state index in [9.17, 15) is 9.18 Å². The zero-order valence-electron chi connectivity index (χ0n) is 8.50. The molecule has 0 atom stereocenters. The van der Waals surface area contributed by atoms with Crippen molar-refractivity contribution in [2.75, 3.05) is 14.1 Å². The van der Waals surface area contributed by atoms with E-state index in [0.29, 0.717) is 5.56 Å². The van der Waals surface area contributed by atoms with Crippen LogP contribution in [0.5, 0.6) is 0 Å². The molecule has 4 heteroatoms. The first-order chi connectivity index (χ1) is 7.00. The molecule has 0 fully saturated rings. The monoisotopic (exact) mass is 227 g/mol. The van der Waals surface area contributed by atoms with Crippen LogP contribution in [0.2, 0.25) is 5.02 Å². The number of hydrogen-bond donors (Lipinski definition) is 0. The lowest BCUT2D eigenvalue weighted by Crippen LogP contribution is -2.03. The minimum atomic E-state index is -0.451. The van der Waals surface area contributed by atoms with Gasteiger partial charge < -0.3 is 4.90 Å². The summed E-state index contributed by atoms with van der Waals surface area (Å²) in [6.07, 6.45) is 3.00. The van der Waals surface area contributed by atoms with Crippen LogP contribution >= 0.6 is 11.6 Å². The first-order valence-corrected chi connectivity index (χ1v) is 4.72. The number of rotatable bonds is 3. The number of allylic oxidation sites excluding steroid dienone is 1. The quantitative estimate of drug-likeness (QED) is 0.585. The van der Waals surface area contributed by atoms with Gasteiger partial charge in [0.2, 0.25) is 0 Å². The van der Waals surface area contributed by atoms with Crippen molar-refractivity contribution in [3.8, 4) is 0 Å². The number of carbonyl (C=O) groups excluding carboxylic acids is 1. The molecule has 0 aliphatic carbocycles. The number of halogens is 2. The van der Waals surface area contributed by atoms with E-state index in [0.717, 1.165) is 6.07 Å². The Labute approximate surface area is 93.0 Å². The molecular weight excluding hydrogens is 217 g/mol. The molecule has 0 heterocycles. The molecule has 0 radical (unpaired) electrons. The molecule has 1 aromatic rings. The molecule has 15 heavy (non-hydrogen) atoms. The molecule has 0 aliphatic rings. The van der Waals surface area contributed by atoms with Gasteiger partial charge in [-0.2, -0.15) is 0 Å². The fourth-order valence-electron chi connectivity index (χ4n) is 0.996. The summed E-state index contributed by atoms with van der Waals surface area (Å²) in [7, 11) is 3.60. The van der Waals surface area contributed by atoms with Crippen molar-refractivity contribution in [2.45, 2.75) is 0 Å². The molecule has 80 valence electrons. The van der Waals surface area contributed by atoms with Crippen molar-refractivity contribution in [2.24, 2.45) is 0 Å². The van der Waals surface area contributed by atoms with Gasteiger partial charge in [-0.3, -0.25) is 4.79 Å². The normalized spacial score (nSPS) is 10.7. The van der Waals surface area contributed by atoms with E-state index < -0.39 is 5.82 Å². The van der Waals surface area contributed by atoms with Crippen LogP contribution in [0.4, 0.5) is 4.39 Å². The van der Waals surface area contributed by atoms with Gasteiger partial charge in [0, 0.05) is 31.9 Å². The number of ketones is 1. The third kappa shape index (κ3) is 3.36. The molecule has 0 saturated heterocycles. The molecule has 0 saturated carbocycles. The highest BCUT2D eigenvalue weighted by Crippen LogP contribution is 2.18. The molecule has 0 aromatic heterocycles. The number of nitrogens with zero attached hydrogens (tertiary/aromatic N) is 1. The summed E-state index contributed by atoms with van der Waals surface area (Å²) in [5, 5.41) is 0.128. The Hall–Kier alpha value is -1.35. The summed E-state index contributed by atoms with van der Waals surface area (Å²) in [5.41, 5.74) is 0.302. The smallest absolute Gasteiger partial charge is 0.188 e. The minimum Gasteiger partial charge on any atom is -0.383 e. The average molecular weight is 228 g/mol. The van der Waals surface area contributed by atoms with Crippen LogP contribution in [0.3, 0.4) is 0 Å². The Balaban J connectivity index is 2.92. The van der Waals surface area contributed by atoms with E-state index in [4.69, 9.17) is 11.6 Å². The van der Waals surface area contributed by atoms with E-state index in [-0.39, 0.29) is 10.8 Å². The van der Waals surface area contributed by atoms with Gasteiger partial charge in [-0.1, -0.05) is 11.6 Å². The highest BCUT2D eigenvalue weighted by atomic mass is 35.5. The highest BCUT2D eigenvalue weighted by Gasteiger charge is 2.07. The highest BCUT2D eigenvalue weighted by molar-refractivity contribution is 6.34. The van der Waals surface area contributed by atoms with E-state index in [1.54, 1.807) is 25.2 Å². The Bertz CT molecular complexity index is 402. The second kappa shape index (κ2) is 4.94. The first kappa shape index (κ1) is 11.7. The zero-order valence-corrected chi connectivity index (χ0v) is 9.25. The molecule has 0 bridgehead atoms. The zero-order chi connectivity index (χ0) is 11.4. The van der Waals surface area contributed by atoms with E-state index in [1.165, 1.54) is 18.2 Å². The van der Waals surface area contributed by atoms with Gasteiger partial charge in [-0.25, -0.2) is 4.39 Å². The Kier molecular flexibility index (Phi) is 3.86. The maximum absolute atomic E-state index is 12.7. The van der Waals surface area contributed by atoms with Crippen LogP contribution in [0.15, 0.2) is 30.5 Å². The van der Waals surface area contributed by atoms with Gasteiger partial charge >= 0.3 is 0 Å². The maximum atomic E-state index is 12.7. The summed E-state index contributed by atoms with van der Waals surface area (Å²) in [4.78, 5) is 13.3. The molecule has 0 amide bonds. The fourth-order valence-corrected chi connectivity index (χ4v) is 1.26. The second-order valence-corrected chi connectivity index (χ2v) is 3.67. The Morgan fingerprint density at radius 2 is 2.13 bits per heavy atom. The lowest BCUT2D eigenvalue weighted by molar-refractivity contribution is 0.104. The summed E-state index contributed by atoms with van der Waals surface area (Å²) in [6.45, 7) is 0. The molecule has 2 nitrogen and oxygen atoms in total. The summed E-state index contributed by atoms with van der Waals surface area (Å²) < 4.78 is 12.7. The standard InChI is InChI=1S/C11H11ClFNO/c1-14(2)6-5-11(15)9-4-3-8(13)7-10(9)12/h3-7H,1-2H3/b6-5+. The fraction of sp³-hybridized carbons (Fsp3) is 0.182. The SMILES string of the molecule is CN(C)/C=C/C(=O)c1ccc(F)cc1Cl. The number of benzene rings is 1.